The van der Waals surface area contributed by atoms with E-state index in [4.69, 9.17) is 5.73 Å². The van der Waals surface area contributed by atoms with Crippen LogP contribution in [0.5, 0.6) is 0 Å². The SMILES string of the molecule is NC(=O)C(CCC(c1ccccc1)c1ccccc1)CC1CCCc2c(C(=O)C(=O)O)cccc21. The van der Waals surface area contributed by atoms with Crippen LogP contribution in [0.3, 0.4) is 0 Å². The van der Waals surface area contributed by atoms with Crippen LogP contribution < -0.4 is 5.73 Å². The summed E-state index contributed by atoms with van der Waals surface area (Å²) >= 11 is 0. The van der Waals surface area contributed by atoms with Crippen LogP contribution in [0.25, 0.3) is 0 Å². The number of fused-ring (bicyclic) bond motifs is 1. The van der Waals surface area contributed by atoms with E-state index in [2.05, 4.69) is 24.3 Å². The predicted octanol–water partition coefficient (Wildman–Crippen LogP) is 5.48. The first kappa shape index (κ1) is 24.4. The van der Waals surface area contributed by atoms with E-state index in [1.165, 1.54) is 11.1 Å². The van der Waals surface area contributed by atoms with E-state index in [0.717, 1.165) is 30.4 Å². The molecular weight excluding hydrogens is 438 g/mol. The Labute approximate surface area is 206 Å². The van der Waals surface area contributed by atoms with Crippen molar-refractivity contribution in [3.05, 3.63) is 107 Å². The van der Waals surface area contributed by atoms with Crippen LogP contribution in [0.2, 0.25) is 0 Å². The van der Waals surface area contributed by atoms with Crippen LogP contribution in [0.4, 0.5) is 0 Å². The van der Waals surface area contributed by atoms with Gasteiger partial charge < -0.3 is 10.8 Å². The number of ketones is 1. The van der Waals surface area contributed by atoms with Gasteiger partial charge in [-0.05, 0) is 66.7 Å². The number of primary amides is 1. The maximum atomic E-state index is 12.5. The van der Waals surface area contributed by atoms with E-state index in [0.29, 0.717) is 19.3 Å². The molecule has 0 aromatic heterocycles. The third-order valence-electron chi connectivity index (χ3n) is 7.25. The molecule has 5 heteroatoms. The van der Waals surface area contributed by atoms with E-state index >= 15 is 0 Å². The number of carboxylic acid groups (broad SMARTS) is 1. The number of Topliss-reactive ketones (excluding diaryl/α,β-unsaturated/α-hetero) is 1. The fourth-order valence-corrected chi connectivity index (χ4v) is 5.50. The molecule has 1 amide bonds. The van der Waals surface area contributed by atoms with E-state index in [1.54, 1.807) is 12.1 Å². The molecule has 3 aromatic rings. The molecule has 3 N–H and O–H groups in total. The van der Waals surface area contributed by atoms with Gasteiger partial charge in [-0.15, -0.1) is 0 Å². The van der Waals surface area contributed by atoms with E-state index in [1.807, 2.05) is 42.5 Å². The number of hydrogen-bond donors (Lipinski definition) is 2. The van der Waals surface area contributed by atoms with Gasteiger partial charge in [0.1, 0.15) is 0 Å². The Morgan fingerprint density at radius 2 is 1.49 bits per heavy atom. The van der Waals surface area contributed by atoms with Crippen molar-refractivity contribution in [3.63, 3.8) is 0 Å². The van der Waals surface area contributed by atoms with Crippen LogP contribution in [0.1, 0.15) is 76.6 Å². The molecule has 180 valence electrons. The smallest absolute Gasteiger partial charge is 0.377 e. The summed E-state index contributed by atoms with van der Waals surface area (Å²) in [6.45, 7) is 0. The van der Waals surface area contributed by atoms with Crippen molar-refractivity contribution in [2.45, 2.75) is 50.4 Å². The summed E-state index contributed by atoms with van der Waals surface area (Å²) in [4.78, 5) is 36.1. The maximum absolute atomic E-state index is 12.5. The third kappa shape index (κ3) is 5.68. The molecular formula is C30H31NO4. The molecule has 0 radical (unpaired) electrons. The number of carbonyl (C=O) groups excluding carboxylic acids is 2. The van der Waals surface area contributed by atoms with Gasteiger partial charge in [0.25, 0.3) is 5.78 Å². The number of aliphatic carboxylic acids is 1. The Balaban J connectivity index is 1.55. The summed E-state index contributed by atoms with van der Waals surface area (Å²) in [5.41, 5.74) is 10.4. The second-order valence-corrected chi connectivity index (χ2v) is 9.38. The molecule has 1 aliphatic carbocycles. The van der Waals surface area contributed by atoms with Crippen LogP contribution in [0, 0.1) is 5.92 Å². The summed E-state index contributed by atoms with van der Waals surface area (Å²) in [6.07, 6.45) is 4.46. The molecule has 0 heterocycles. The van der Waals surface area contributed by atoms with Crippen molar-refractivity contribution in [2.75, 3.05) is 0 Å². The first-order valence-corrected chi connectivity index (χ1v) is 12.2. The van der Waals surface area contributed by atoms with Crippen molar-refractivity contribution >= 4 is 17.7 Å². The molecule has 4 rings (SSSR count). The molecule has 0 spiro atoms. The molecule has 5 nitrogen and oxygen atoms in total. The average molecular weight is 470 g/mol. The van der Waals surface area contributed by atoms with Crippen molar-refractivity contribution in [3.8, 4) is 0 Å². The minimum absolute atomic E-state index is 0.0738. The summed E-state index contributed by atoms with van der Waals surface area (Å²) in [5, 5.41) is 9.22. The van der Waals surface area contributed by atoms with E-state index < -0.39 is 11.8 Å². The maximum Gasteiger partial charge on any atom is 0.377 e. The fourth-order valence-electron chi connectivity index (χ4n) is 5.50. The molecule has 0 saturated heterocycles. The molecule has 0 fully saturated rings. The molecule has 3 aromatic carbocycles. The van der Waals surface area contributed by atoms with Gasteiger partial charge >= 0.3 is 5.97 Å². The van der Waals surface area contributed by atoms with Crippen LogP contribution >= 0.6 is 0 Å². The second-order valence-electron chi connectivity index (χ2n) is 9.38. The molecule has 0 saturated carbocycles. The molecule has 2 atom stereocenters. The number of benzene rings is 3. The summed E-state index contributed by atoms with van der Waals surface area (Å²) in [7, 11) is 0. The fraction of sp³-hybridized carbons (Fsp3) is 0.300. The number of hydrogen-bond acceptors (Lipinski definition) is 3. The Morgan fingerprint density at radius 3 is 2.06 bits per heavy atom. The molecule has 0 bridgehead atoms. The zero-order chi connectivity index (χ0) is 24.8. The lowest BCUT2D eigenvalue weighted by Crippen LogP contribution is -2.27. The number of carbonyl (C=O) groups is 3. The van der Waals surface area contributed by atoms with Crippen LogP contribution in [-0.2, 0) is 16.0 Å². The summed E-state index contributed by atoms with van der Waals surface area (Å²) < 4.78 is 0. The molecule has 2 unspecified atom stereocenters. The standard InChI is InChI=1S/C30H31NO4/c31-29(33)23(17-18-24(20-9-3-1-4-10-20)21-11-5-2-6-12-21)19-22-13-7-15-26-25(22)14-8-16-27(26)28(32)30(34)35/h1-6,8-12,14,16,22-24H,7,13,15,17-19H2,(H2,31,33)(H,34,35). The lowest BCUT2D eigenvalue weighted by Gasteiger charge is -2.30. The highest BCUT2D eigenvalue weighted by Gasteiger charge is 2.30. The summed E-state index contributed by atoms with van der Waals surface area (Å²) in [5.74, 6) is -2.69. The Hall–Kier alpha value is -3.73. The monoisotopic (exact) mass is 469 g/mol. The zero-order valence-corrected chi connectivity index (χ0v) is 19.7. The van der Waals surface area contributed by atoms with Gasteiger partial charge in [-0.2, -0.15) is 0 Å². The predicted molar refractivity (Wildman–Crippen MR) is 135 cm³/mol. The molecule has 1 aliphatic rings. The summed E-state index contributed by atoms with van der Waals surface area (Å²) in [6, 6.07) is 25.9. The normalized spacial score (nSPS) is 15.9. The number of carboxylic acids is 1. The molecule has 35 heavy (non-hydrogen) atoms. The van der Waals surface area contributed by atoms with Gasteiger partial charge in [-0.25, -0.2) is 4.79 Å². The Bertz CT molecular complexity index is 1150. The second kappa shape index (κ2) is 11.1. The van der Waals surface area contributed by atoms with Gasteiger partial charge in [-0.1, -0.05) is 78.9 Å². The Kier molecular flexibility index (Phi) is 7.76. The third-order valence-corrected chi connectivity index (χ3v) is 7.25. The quantitative estimate of drug-likeness (QED) is 0.304. The lowest BCUT2D eigenvalue weighted by atomic mass is 9.74. The van der Waals surface area contributed by atoms with Gasteiger partial charge in [0.2, 0.25) is 5.91 Å². The van der Waals surface area contributed by atoms with Crippen LogP contribution in [-0.4, -0.2) is 22.8 Å². The minimum atomic E-state index is -1.44. The number of nitrogens with two attached hydrogens (primary N) is 1. The largest absolute Gasteiger partial charge is 0.475 e. The molecule has 0 aliphatic heterocycles. The topological polar surface area (TPSA) is 97.5 Å². The lowest BCUT2D eigenvalue weighted by molar-refractivity contribution is -0.131. The van der Waals surface area contributed by atoms with Gasteiger partial charge in [-0.3, -0.25) is 9.59 Å². The van der Waals surface area contributed by atoms with Crippen molar-refractivity contribution < 1.29 is 19.5 Å². The van der Waals surface area contributed by atoms with Gasteiger partial charge in [0.15, 0.2) is 0 Å². The Morgan fingerprint density at radius 1 is 0.857 bits per heavy atom. The minimum Gasteiger partial charge on any atom is -0.475 e. The van der Waals surface area contributed by atoms with Crippen molar-refractivity contribution in [1.82, 2.24) is 0 Å². The van der Waals surface area contributed by atoms with Crippen LogP contribution in [0.15, 0.2) is 78.9 Å². The number of amides is 1. The highest BCUT2D eigenvalue weighted by molar-refractivity contribution is 6.40. The average Bonchev–Trinajstić information content (AvgIpc) is 2.88. The van der Waals surface area contributed by atoms with Crippen molar-refractivity contribution in [2.24, 2.45) is 11.7 Å². The number of rotatable bonds is 10. The van der Waals surface area contributed by atoms with Gasteiger partial charge in [0.05, 0.1) is 0 Å². The van der Waals surface area contributed by atoms with E-state index in [9.17, 15) is 19.5 Å². The van der Waals surface area contributed by atoms with Gasteiger partial charge in [0, 0.05) is 17.4 Å². The zero-order valence-electron chi connectivity index (χ0n) is 19.7. The van der Waals surface area contributed by atoms with E-state index in [-0.39, 0.29) is 29.2 Å². The van der Waals surface area contributed by atoms with Crippen molar-refractivity contribution in [1.29, 1.82) is 0 Å². The first-order chi connectivity index (χ1) is 17.0. The first-order valence-electron chi connectivity index (χ1n) is 12.2. The highest BCUT2D eigenvalue weighted by Crippen LogP contribution is 2.39. The highest BCUT2D eigenvalue weighted by atomic mass is 16.4.